The Bertz CT molecular complexity index is 896. The number of ether oxygens (including phenoxy) is 2. The van der Waals surface area contributed by atoms with Crippen LogP contribution in [0.5, 0.6) is 5.88 Å². The second-order valence-corrected chi connectivity index (χ2v) is 7.38. The second-order valence-electron chi connectivity index (χ2n) is 7.38. The Hall–Kier alpha value is -3.10. The molecule has 0 saturated heterocycles. The molecule has 2 rings (SSSR count). The average Bonchev–Trinajstić information content (AvgIpc) is 2.75. The van der Waals surface area contributed by atoms with Crippen molar-refractivity contribution >= 4 is 5.57 Å². The first-order chi connectivity index (χ1) is 14.5. The van der Waals surface area contributed by atoms with Gasteiger partial charge in [-0.3, -0.25) is 0 Å². The summed E-state index contributed by atoms with van der Waals surface area (Å²) in [5.74, 6) is 0.634. The van der Waals surface area contributed by atoms with E-state index in [2.05, 4.69) is 30.6 Å². The van der Waals surface area contributed by atoms with Crippen molar-refractivity contribution in [1.82, 2.24) is 9.88 Å². The zero-order chi connectivity index (χ0) is 21.9. The number of nitriles is 1. The quantitative estimate of drug-likeness (QED) is 0.398. The fourth-order valence-corrected chi connectivity index (χ4v) is 2.91. The molecule has 0 radical (unpaired) electrons. The largest absolute Gasteiger partial charge is 0.472 e. The van der Waals surface area contributed by atoms with Crippen LogP contribution in [0.3, 0.4) is 0 Å². The maximum Gasteiger partial charge on any atom is 0.216 e. The molecule has 1 aromatic carbocycles. The highest BCUT2D eigenvalue weighted by Gasteiger charge is 2.12. The van der Waals surface area contributed by atoms with E-state index in [1.54, 1.807) is 0 Å². The number of hydrogen-bond donors (Lipinski definition) is 0. The van der Waals surface area contributed by atoms with Gasteiger partial charge in [0.15, 0.2) is 0 Å². The first-order valence-electron chi connectivity index (χ1n) is 10.2. The van der Waals surface area contributed by atoms with Gasteiger partial charge in [0.1, 0.15) is 6.10 Å². The molecule has 1 heterocycles. The molecule has 5 nitrogen and oxygen atoms in total. The number of aromatic nitrogens is 1. The van der Waals surface area contributed by atoms with Crippen LogP contribution in [0.15, 0.2) is 55.4 Å². The van der Waals surface area contributed by atoms with Crippen LogP contribution in [0.4, 0.5) is 0 Å². The lowest BCUT2D eigenvalue weighted by atomic mass is 10.1. The van der Waals surface area contributed by atoms with Crippen molar-refractivity contribution in [3.63, 3.8) is 0 Å². The first-order valence-corrected chi connectivity index (χ1v) is 10.2. The molecule has 0 bridgehead atoms. The number of rotatable bonds is 11. The van der Waals surface area contributed by atoms with Gasteiger partial charge in [-0.25, -0.2) is 4.98 Å². The summed E-state index contributed by atoms with van der Waals surface area (Å²) < 4.78 is 11.9. The highest BCUT2D eigenvalue weighted by molar-refractivity contribution is 5.73. The van der Waals surface area contributed by atoms with Crippen molar-refractivity contribution in [2.75, 3.05) is 27.3 Å². The van der Waals surface area contributed by atoms with Crippen LogP contribution in [-0.4, -0.2) is 43.3 Å². The number of pyridine rings is 1. The van der Waals surface area contributed by atoms with Gasteiger partial charge in [0, 0.05) is 37.6 Å². The number of aryl methyl sites for hydroxylation is 1. The Balaban J connectivity index is 1.90. The molecule has 0 aliphatic heterocycles. The molecule has 1 aromatic heterocycles. The predicted molar refractivity (Wildman–Crippen MR) is 121 cm³/mol. The van der Waals surface area contributed by atoms with E-state index in [9.17, 15) is 0 Å². The van der Waals surface area contributed by atoms with Gasteiger partial charge in [-0.1, -0.05) is 31.7 Å². The zero-order valence-electron chi connectivity index (χ0n) is 18.4. The summed E-state index contributed by atoms with van der Waals surface area (Å²) in [5, 5.41) is 8.86. The minimum absolute atomic E-state index is 0.0563. The smallest absolute Gasteiger partial charge is 0.216 e. The Kier molecular flexibility index (Phi) is 9.11. The van der Waals surface area contributed by atoms with Crippen LogP contribution >= 0.6 is 0 Å². The van der Waals surface area contributed by atoms with Crippen LogP contribution in [0.2, 0.25) is 0 Å². The summed E-state index contributed by atoms with van der Waals surface area (Å²) in [6.07, 6.45) is 7.24. The lowest BCUT2D eigenvalue weighted by molar-refractivity contribution is 0.0470. The minimum Gasteiger partial charge on any atom is -0.472 e. The minimum atomic E-state index is -0.0563. The predicted octanol–water partition coefficient (Wildman–Crippen LogP) is 4.77. The highest BCUT2D eigenvalue weighted by Crippen LogP contribution is 2.23. The van der Waals surface area contributed by atoms with Crippen LogP contribution in [-0.2, 0) is 11.2 Å². The molecule has 0 fully saturated rings. The van der Waals surface area contributed by atoms with Crippen molar-refractivity contribution in [2.45, 2.75) is 32.8 Å². The van der Waals surface area contributed by atoms with Gasteiger partial charge >= 0.3 is 0 Å². The number of allylic oxidation sites excluding steroid dienone is 2. The van der Waals surface area contributed by atoms with Crippen molar-refractivity contribution in [3.8, 4) is 11.9 Å². The normalized spacial score (nSPS) is 12.2. The molecule has 0 aliphatic rings. The summed E-state index contributed by atoms with van der Waals surface area (Å²) >= 11 is 0. The third-order valence-corrected chi connectivity index (χ3v) is 4.64. The Morgan fingerprint density at radius 2 is 2.03 bits per heavy atom. The van der Waals surface area contributed by atoms with Crippen molar-refractivity contribution in [3.05, 3.63) is 77.6 Å². The fourth-order valence-electron chi connectivity index (χ4n) is 2.91. The molecule has 0 saturated carbocycles. The van der Waals surface area contributed by atoms with E-state index in [4.69, 9.17) is 14.7 Å². The van der Waals surface area contributed by atoms with Gasteiger partial charge < -0.3 is 14.4 Å². The third-order valence-electron chi connectivity index (χ3n) is 4.64. The Morgan fingerprint density at radius 3 is 2.60 bits per heavy atom. The van der Waals surface area contributed by atoms with Crippen LogP contribution in [0, 0.1) is 18.3 Å². The molecule has 0 spiro atoms. The molecule has 2 aromatic rings. The van der Waals surface area contributed by atoms with Crippen molar-refractivity contribution in [1.29, 1.82) is 5.26 Å². The molecule has 0 amide bonds. The van der Waals surface area contributed by atoms with Crippen LogP contribution < -0.4 is 4.74 Å². The maximum absolute atomic E-state index is 8.86. The maximum atomic E-state index is 8.86. The topological polar surface area (TPSA) is 58.4 Å². The van der Waals surface area contributed by atoms with E-state index >= 15 is 0 Å². The van der Waals surface area contributed by atoms with Crippen molar-refractivity contribution in [2.24, 2.45) is 0 Å². The molecular weight excluding hydrogens is 374 g/mol. The second kappa shape index (κ2) is 11.8. The summed E-state index contributed by atoms with van der Waals surface area (Å²) in [5.41, 5.74) is 4.83. The summed E-state index contributed by atoms with van der Waals surface area (Å²) in [4.78, 5) is 6.51. The monoisotopic (exact) mass is 405 g/mol. The van der Waals surface area contributed by atoms with Gasteiger partial charge in [0.05, 0.1) is 24.8 Å². The van der Waals surface area contributed by atoms with Gasteiger partial charge in [-0.15, -0.1) is 0 Å². The van der Waals surface area contributed by atoms with Crippen LogP contribution in [0.1, 0.15) is 35.6 Å². The van der Waals surface area contributed by atoms with E-state index in [1.165, 1.54) is 0 Å². The summed E-state index contributed by atoms with van der Waals surface area (Å²) in [6, 6.07) is 11.8. The molecule has 158 valence electrons. The van der Waals surface area contributed by atoms with Gasteiger partial charge in [0.25, 0.3) is 0 Å². The molecule has 5 heteroatoms. The Morgan fingerprint density at radius 1 is 1.30 bits per heavy atom. The standard InChI is InChI=1S/C25H31N3O2/c1-6-22(17-28(4)5)23-14-19(3)25(27-16-23)30-24(7-2)18-29-13-12-20-8-10-21(15-26)11-9-20/h6,8-11,14,16-17,24H,1,7,12-13,18H2,2-5H3/b22-17+/t24-/m0/s1. The number of nitrogens with zero attached hydrogens (tertiary/aromatic N) is 3. The molecule has 0 N–H and O–H groups in total. The van der Waals surface area contributed by atoms with E-state index in [1.807, 2.05) is 68.7 Å². The number of hydrogen-bond acceptors (Lipinski definition) is 5. The van der Waals surface area contributed by atoms with E-state index < -0.39 is 0 Å². The molecule has 0 unspecified atom stereocenters. The molecule has 30 heavy (non-hydrogen) atoms. The first kappa shape index (κ1) is 23.2. The van der Waals surface area contributed by atoms with E-state index in [0.29, 0.717) is 24.7 Å². The van der Waals surface area contributed by atoms with E-state index in [-0.39, 0.29) is 6.10 Å². The lowest BCUT2D eigenvalue weighted by Crippen LogP contribution is -2.23. The molecule has 1 atom stereocenters. The van der Waals surface area contributed by atoms with Gasteiger partial charge in [-0.2, -0.15) is 5.26 Å². The average molecular weight is 406 g/mol. The van der Waals surface area contributed by atoms with Gasteiger partial charge in [0.2, 0.25) is 5.88 Å². The third kappa shape index (κ3) is 7.06. The van der Waals surface area contributed by atoms with Gasteiger partial charge in [-0.05, 0) is 49.1 Å². The zero-order valence-corrected chi connectivity index (χ0v) is 18.4. The SMILES string of the molecule is C=C/C(=C\N(C)C)c1cnc(O[C@@H](CC)COCCc2ccc(C#N)cc2)c(C)c1. The van der Waals surface area contributed by atoms with Crippen LogP contribution in [0.25, 0.3) is 5.57 Å². The van der Waals surface area contributed by atoms with Crippen molar-refractivity contribution < 1.29 is 9.47 Å². The van der Waals surface area contributed by atoms with E-state index in [0.717, 1.165) is 35.1 Å². The number of benzene rings is 1. The summed E-state index contributed by atoms with van der Waals surface area (Å²) in [7, 11) is 3.96. The lowest BCUT2D eigenvalue weighted by Gasteiger charge is -2.19. The fraction of sp³-hybridized carbons (Fsp3) is 0.360. The molecule has 0 aliphatic carbocycles. The Labute approximate surface area is 180 Å². The molecular formula is C25H31N3O2. The highest BCUT2D eigenvalue weighted by atomic mass is 16.5. The summed E-state index contributed by atoms with van der Waals surface area (Å²) in [6.45, 7) is 9.08.